The van der Waals surface area contributed by atoms with Gasteiger partial charge in [-0.25, -0.2) is 0 Å². The van der Waals surface area contributed by atoms with Crippen LogP contribution in [0.1, 0.15) is 16.7 Å². The van der Waals surface area contributed by atoms with E-state index >= 15 is 0 Å². The first-order valence-electron chi connectivity index (χ1n) is 7.53. The number of hydrogen-bond donors (Lipinski definition) is 0. The normalized spacial score (nSPS) is 15.9. The molecule has 0 aromatic heterocycles. The summed E-state index contributed by atoms with van der Waals surface area (Å²) in [5, 5.41) is 1.68. The van der Waals surface area contributed by atoms with Gasteiger partial charge in [0, 0.05) is 19.5 Å². The van der Waals surface area contributed by atoms with Crippen LogP contribution in [-0.2, 0) is 19.5 Å². The van der Waals surface area contributed by atoms with Gasteiger partial charge in [0.2, 0.25) is 0 Å². The summed E-state index contributed by atoms with van der Waals surface area (Å²) < 4.78 is 0. The maximum atomic E-state index is 3.00. The van der Waals surface area contributed by atoms with Crippen LogP contribution < -0.4 is 0 Å². The Bertz CT molecular complexity index is 491. The van der Waals surface area contributed by atoms with E-state index in [1.54, 1.807) is 16.3 Å². The van der Waals surface area contributed by atoms with Gasteiger partial charge in [-0.3, -0.25) is 0 Å². The van der Waals surface area contributed by atoms with E-state index < -0.39 is 16.1 Å². The Morgan fingerprint density at radius 1 is 0.818 bits per heavy atom. The van der Waals surface area contributed by atoms with Gasteiger partial charge in [0.05, 0.1) is 16.1 Å². The SMILES string of the molecule is C=C.C=C.C[Si](C)(C)C1=CC([Si](C)(C)C)c2ccccc21.[Rh]. The summed E-state index contributed by atoms with van der Waals surface area (Å²) in [6, 6.07) is 9.08. The second-order valence-corrected chi connectivity index (χ2v) is 17.7. The van der Waals surface area contributed by atoms with E-state index in [9.17, 15) is 0 Å². The molecule has 1 aromatic rings. The van der Waals surface area contributed by atoms with Crippen LogP contribution in [0.25, 0.3) is 5.20 Å². The van der Waals surface area contributed by atoms with Gasteiger partial charge in [0.15, 0.2) is 0 Å². The van der Waals surface area contributed by atoms with Crippen molar-refractivity contribution in [3.05, 3.63) is 67.8 Å². The topological polar surface area (TPSA) is 0 Å². The van der Waals surface area contributed by atoms with Gasteiger partial charge in [-0.1, -0.05) is 74.8 Å². The molecular weight excluding hydrogens is 387 g/mol. The average molecular weight is 420 g/mol. The molecule has 0 saturated heterocycles. The maximum Gasteiger partial charge on any atom is 0.0779 e. The monoisotopic (exact) mass is 419 g/mol. The first-order valence-corrected chi connectivity index (χ1v) is 14.6. The van der Waals surface area contributed by atoms with Crippen molar-refractivity contribution in [3.63, 3.8) is 0 Å². The zero-order valence-electron chi connectivity index (χ0n) is 15.1. The molecule has 1 aliphatic rings. The molecule has 1 aliphatic carbocycles. The van der Waals surface area contributed by atoms with Crippen molar-refractivity contribution in [2.75, 3.05) is 0 Å². The van der Waals surface area contributed by atoms with E-state index in [0.717, 1.165) is 5.54 Å². The molecular formula is C19H32RhSi2. The molecule has 0 fully saturated rings. The van der Waals surface area contributed by atoms with Gasteiger partial charge in [-0.15, -0.1) is 26.3 Å². The molecule has 3 heteroatoms. The predicted octanol–water partition coefficient (Wildman–Crippen LogP) is 6.52. The number of hydrogen-bond acceptors (Lipinski definition) is 0. The van der Waals surface area contributed by atoms with E-state index in [-0.39, 0.29) is 19.5 Å². The molecule has 0 amide bonds. The molecule has 1 atom stereocenters. The molecule has 1 unspecified atom stereocenters. The van der Waals surface area contributed by atoms with Crippen molar-refractivity contribution >= 4 is 21.3 Å². The molecule has 0 nitrogen and oxygen atoms in total. The third-order valence-electron chi connectivity index (χ3n) is 3.66. The quantitative estimate of drug-likeness (QED) is 0.378. The fourth-order valence-electron chi connectivity index (χ4n) is 2.73. The van der Waals surface area contributed by atoms with E-state index in [2.05, 4.69) is 95.9 Å². The van der Waals surface area contributed by atoms with Gasteiger partial charge in [0.1, 0.15) is 0 Å². The summed E-state index contributed by atoms with van der Waals surface area (Å²) in [7, 11) is -2.36. The van der Waals surface area contributed by atoms with E-state index in [1.807, 2.05) is 0 Å². The van der Waals surface area contributed by atoms with Crippen LogP contribution >= 0.6 is 0 Å². The Balaban J connectivity index is 0. The zero-order chi connectivity index (χ0) is 16.8. The second-order valence-electron chi connectivity index (χ2n) is 7.26. The summed E-state index contributed by atoms with van der Waals surface area (Å²) in [5.74, 6) is 0. The summed E-state index contributed by atoms with van der Waals surface area (Å²) in [4.78, 5) is 0. The first kappa shape index (κ1) is 23.8. The minimum absolute atomic E-state index is 0. The van der Waals surface area contributed by atoms with Crippen molar-refractivity contribution in [1.82, 2.24) is 0 Å². The van der Waals surface area contributed by atoms with E-state index in [4.69, 9.17) is 0 Å². The summed E-state index contributed by atoms with van der Waals surface area (Å²) in [6.45, 7) is 26.8. The molecule has 125 valence electrons. The summed E-state index contributed by atoms with van der Waals surface area (Å²) >= 11 is 0. The fourth-order valence-corrected chi connectivity index (χ4v) is 6.45. The van der Waals surface area contributed by atoms with Crippen molar-refractivity contribution in [2.45, 2.75) is 44.8 Å². The predicted molar refractivity (Wildman–Crippen MR) is 106 cm³/mol. The third-order valence-corrected chi connectivity index (χ3v) is 8.06. The van der Waals surface area contributed by atoms with Gasteiger partial charge in [-0.05, 0) is 16.7 Å². The molecule has 0 aliphatic heterocycles. The van der Waals surface area contributed by atoms with Crippen LogP contribution in [0.4, 0.5) is 0 Å². The summed E-state index contributed by atoms with van der Waals surface area (Å²) in [5.41, 5.74) is 3.88. The minimum atomic E-state index is -1.21. The van der Waals surface area contributed by atoms with Gasteiger partial charge < -0.3 is 0 Å². The molecule has 0 saturated carbocycles. The third kappa shape index (κ3) is 5.61. The molecule has 1 aromatic carbocycles. The van der Waals surface area contributed by atoms with E-state index in [0.29, 0.717) is 0 Å². The van der Waals surface area contributed by atoms with Crippen molar-refractivity contribution in [2.24, 2.45) is 0 Å². The van der Waals surface area contributed by atoms with Gasteiger partial charge in [-0.2, -0.15) is 0 Å². The van der Waals surface area contributed by atoms with Gasteiger partial charge in [0.25, 0.3) is 0 Å². The largest absolute Gasteiger partial charge is 0.106 e. The van der Waals surface area contributed by atoms with Gasteiger partial charge >= 0.3 is 0 Å². The average Bonchev–Trinajstić information content (AvgIpc) is 2.82. The Hall–Kier alpha value is -0.503. The standard InChI is InChI=1S/C15H24Si2.2C2H4.Rh/c1-16(2,3)14-11-15(17(4,5)6)13-10-8-7-9-12(13)14;2*1-2;/h7-11,14H,1-6H3;2*1-2H2;. The van der Waals surface area contributed by atoms with Crippen molar-refractivity contribution < 1.29 is 19.5 Å². The molecule has 0 N–H and O–H groups in total. The van der Waals surface area contributed by atoms with Crippen molar-refractivity contribution in [1.29, 1.82) is 0 Å². The first-order chi connectivity index (χ1) is 9.71. The zero-order valence-corrected chi connectivity index (χ0v) is 18.8. The second kappa shape index (κ2) is 9.59. The Labute approximate surface area is 153 Å². The molecule has 0 bridgehead atoms. The Morgan fingerprint density at radius 3 is 1.68 bits per heavy atom. The maximum absolute atomic E-state index is 3.00. The molecule has 22 heavy (non-hydrogen) atoms. The Kier molecular flexibility index (Phi) is 10.4. The number of fused-ring (bicyclic) bond motifs is 1. The van der Waals surface area contributed by atoms with Crippen LogP contribution in [0.2, 0.25) is 39.3 Å². The molecule has 0 heterocycles. The molecule has 2 rings (SSSR count). The smallest absolute Gasteiger partial charge is 0.0779 e. The Morgan fingerprint density at radius 2 is 1.27 bits per heavy atom. The minimum Gasteiger partial charge on any atom is -0.106 e. The van der Waals surface area contributed by atoms with E-state index in [1.165, 1.54) is 0 Å². The summed E-state index contributed by atoms with van der Waals surface area (Å²) in [6.07, 6.45) is 2.61. The number of rotatable bonds is 2. The molecule has 0 spiro atoms. The fraction of sp³-hybridized carbons (Fsp3) is 0.368. The van der Waals surface area contributed by atoms with Crippen LogP contribution in [0.3, 0.4) is 0 Å². The van der Waals surface area contributed by atoms with Crippen molar-refractivity contribution in [3.8, 4) is 0 Å². The van der Waals surface area contributed by atoms with Crippen LogP contribution in [0.15, 0.2) is 56.7 Å². The van der Waals surface area contributed by atoms with Crippen LogP contribution in [-0.4, -0.2) is 16.1 Å². The number of benzene rings is 1. The van der Waals surface area contributed by atoms with Crippen LogP contribution in [0.5, 0.6) is 0 Å². The number of allylic oxidation sites excluding steroid dienone is 1. The molecule has 1 radical (unpaired) electrons. The van der Waals surface area contributed by atoms with Crippen LogP contribution in [0, 0.1) is 0 Å².